The summed E-state index contributed by atoms with van der Waals surface area (Å²) in [5.41, 5.74) is 1.48. The Morgan fingerprint density at radius 1 is 1.37 bits per heavy atom. The molecule has 164 valence electrons. The molecule has 10 heteroatoms. The summed E-state index contributed by atoms with van der Waals surface area (Å²) in [6.07, 6.45) is 3.25. The predicted molar refractivity (Wildman–Crippen MR) is 115 cm³/mol. The van der Waals surface area contributed by atoms with E-state index in [0.717, 1.165) is 29.4 Å². The summed E-state index contributed by atoms with van der Waals surface area (Å²) in [5, 5.41) is 13.2. The highest BCUT2D eigenvalue weighted by molar-refractivity contribution is 7.15. The molecule has 0 radical (unpaired) electrons. The average molecular weight is 436 g/mol. The van der Waals surface area contributed by atoms with Gasteiger partial charge >= 0.3 is 6.09 Å². The first kappa shape index (κ1) is 22.2. The van der Waals surface area contributed by atoms with Crippen LogP contribution in [0.25, 0.3) is 4.96 Å². The van der Waals surface area contributed by atoms with Crippen LogP contribution in [0.15, 0.2) is 23.3 Å². The van der Waals surface area contributed by atoms with Crippen molar-refractivity contribution >= 4 is 22.4 Å². The zero-order valence-corrected chi connectivity index (χ0v) is 18.9. The van der Waals surface area contributed by atoms with E-state index in [0.29, 0.717) is 19.6 Å². The van der Waals surface area contributed by atoms with Gasteiger partial charge in [0.25, 0.3) is 5.70 Å². The second-order valence-corrected chi connectivity index (χ2v) is 9.32. The predicted octanol–water partition coefficient (Wildman–Crippen LogP) is 3.73. The van der Waals surface area contributed by atoms with Crippen LogP contribution in [-0.2, 0) is 11.3 Å². The van der Waals surface area contributed by atoms with Crippen LogP contribution >= 0.6 is 11.3 Å². The summed E-state index contributed by atoms with van der Waals surface area (Å²) in [6.45, 7) is 12.5. The number of carbonyl (C=O) groups excluding carboxylic acids is 1. The molecule has 0 aliphatic carbocycles. The third-order valence-electron chi connectivity index (χ3n) is 5.09. The SMILES string of the molecule is C/C=C(\C(C)c1csc2nc(CN3CCN(C(=O)OC(C)(C)C)CC3)cn12)[N+](=O)[O-]. The molecule has 0 saturated carbocycles. The quantitative estimate of drug-likeness (QED) is 0.525. The van der Waals surface area contributed by atoms with E-state index < -0.39 is 5.60 Å². The number of hydrogen-bond acceptors (Lipinski definition) is 7. The normalized spacial score (nSPS) is 17.4. The van der Waals surface area contributed by atoms with E-state index in [4.69, 9.17) is 4.74 Å². The zero-order chi connectivity index (χ0) is 22.1. The van der Waals surface area contributed by atoms with Crippen molar-refractivity contribution in [2.45, 2.75) is 52.7 Å². The van der Waals surface area contributed by atoms with E-state index in [1.54, 1.807) is 17.9 Å². The lowest BCUT2D eigenvalue weighted by Crippen LogP contribution is -2.49. The number of carbonyl (C=O) groups is 1. The molecule has 1 fully saturated rings. The highest BCUT2D eigenvalue weighted by atomic mass is 32.1. The van der Waals surface area contributed by atoms with Crippen molar-refractivity contribution in [3.8, 4) is 0 Å². The van der Waals surface area contributed by atoms with Gasteiger partial charge in [-0.05, 0) is 40.7 Å². The molecule has 1 aliphatic rings. The van der Waals surface area contributed by atoms with Gasteiger partial charge in [0.2, 0.25) is 0 Å². The van der Waals surface area contributed by atoms with Gasteiger partial charge in [-0.2, -0.15) is 0 Å². The van der Waals surface area contributed by atoms with Gasteiger partial charge in [-0.25, -0.2) is 9.78 Å². The topological polar surface area (TPSA) is 93.2 Å². The summed E-state index contributed by atoms with van der Waals surface area (Å²) in [5.74, 6) is -0.321. The summed E-state index contributed by atoms with van der Waals surface area (Å²) in [6, 6.07) is 0. The van der Waals surface area contributed by atoms with Crippen LogP contribution in [0, 0.1) is 10.1 Å². The third kappa shape index (κ3) is 4.99. The number of fused-ring (bicyclic) bond motifs is 1. The van der Waals surface area contributed by atoms with Crippen molar-refractivity contribution in [3.63, 3.8) is 0 Å². The second kappa shape index (κ2) is 8.73. The highest BCUT2D eigenvalue weighted by Gasteiger charge is 2.27. The molecule has 0 spiro atoms. The van der Waals surface area contributed by atoms with Crippen molar-refractivity contribution in [2.75, 3.05) is 26.2 Å². The monoisotopic (exact) mass is 435 g/mol. The van der Waals surface area contributed by atoms with Gasteiger partial charge in [0, 0.05) is 50.0 Å². The van der Waals surface area contributed by atoms with E-state index in [2.05, 4.69) is 9.88 Å². The van der Waals surface area contributed by atoms with Crippen molar-refractivity contribution in [3.05, 3.63) is 44.9 Å². The van der Waals surface area contributed by atoms with Crippen LogP contribution in [0.2, 0.25) is 0 Å². The minimum Gasteiger partial charge on any atom is -0.444 e. The summed E-state index contributed by atoms with van der Waals surface area (Å²) in [4.78, 5) is 32.7. The smallest absolute Gasteiger partial charge is 0.410 e. The Bertz CT molecular complexity index is 950. The highest BCUT2D eigenvalue weighted by Crippen LogP contribution is 2.29. The number of rotatable bonds is 5. The lowest BCUT2D eigenvalue weighted by molar-refractivity contribution is -0.430. The molecule has 30 heavy (non-hydrogen) atoms. The maximum Gasteiger partial charge on any atom is 0.410 e. The fourth-order valence-electron chi connectivity index (χ4n) is 3.54. The van der Waals surface area contributed by atoms with E-state index in [9.17, 15) is 14.9 Å². The molecule has 1 amide bonds. The molecule has 0 bridgehead atoms. The standard InChI is InChI=1S/C20H29N5O4S/c1-6-16(25(27)28)14(2)17-13-30-18-21-15(12-24(17)18)11-22-7-9-23(10-8-22)19(26)29-20(3,4)5/h6,12-14H,7-11H2,1-5H3/b16-6+. The number of nitro groups is 1. The van der Waals surface area contributed by atoms with Gasteiger partial charge in [-0.15, -0.1) is 11.3 Å². The molecule has 3 heterocycles. The van der Waals surface area contributed by atoms with E-state index in [-0.39, 0.29) is 22.6 Å². The summed E-state index contributed by atoms with van der Waals surface area (Å²) >= 11 is 1.49. The fraction of sp³-hybridized carbons (Fsp3) is 0.600. The number of amides is 1. The molecule has 1 saturated heterocycles. The third-order valence-corrected chi connectivity index (χ3v) is 5.95. The number of piperazine rings is 1. The Balaban J connectivity index is 1.64. The fourth-order valence-corrected chi connectivity index (χ4v) is 4.53. The molecule has 0 N–H and O–H groups in total. The lowest BCUT2D eigenvalue weighted by Gasteiger charge is -2.35. The molecule has 3 rings (SSSR count). The Morgan fingerprint density at radius 3 is 2.60 bits per heavy atom. The van der Waals surface area contributed by atoms with E-state index in [1.807, 2.05) is 43.7 Å². The molecule has 1 aliphatic heterocycles. The first-order valence-corrected chi connectivity index (χ1v) is 10.9. The van der Waals surface area contributed by atoms with Crippen LogP contribution in [0.5, 0.6) is 0 Å². The largest absolute Gasteiger partial charge is 0.444 e. The first-order chi connectivity index (χ1) is 14.1. The number of hydrogen-bond donors (Lipinski definition) is 0. The summed E-state index contributed by atoms with van der Waals surface area (Å²) in [7, 11) is 0. The van der Waals surface area contributed by atoms with Crippen LogP contribution in [0.4, 0.5) is 4.79 Å². The first-order valence-electron chi connectivity index (χ1n) is 10.0. The van der Waals surface area contributed by atoms with Gasteiger partial charge in [0.05, 0.1) is 16.5 Å². The van der Waals surface area contributed by atoms with Crippen molar-refractivity contribution in [1.82, 2.24) is 19.2 Å². The number of thiazole rings is 1. The number of imidazole rings is 1. The van der Waals surface area contributed by atoms with Crippen molar-refractivity contribution in [1.29, 1.82) is 0 Å². The minimum absolute atomic E-state index is 0.184. The lowest BCUT2D eigenvalue weighted by atomic mass is 10.1. The maximum absolute atomic E-state index is 12.2. The van der Waals surface area contributed by atoms with Crippen molar-refractivity contribution in [2.24, 2.45) is 0 Å². The number of nitrogens with zero attached hydrogens (tertiary/aromatic N) is 5. The summed E-state index contributed by atoms with van der Waals surface area (Å²) < 4.78 is 7.40. The van der Waals surface area contributed by atoms with E-state index in [1.165, 1.54) is 11.3 Å². The van der Waals surface area contributed by atoms with Gasteiger partial charge < -0.3 is 9.64 Å². The molecule has 1 unspecified atom stereocenters. The Morgan fingerprint density at radius 2 is 2.03 bits per heavy atom. The Labute approximate surface area is 180 Å². The number of ether oxygens (including phenoxy) is 1. The van der Waals surface area contributed by atoms with Crippen LogP contribution in [-0.4, -0.2) is 62.0 Å². The van der Waals surface area contributed by atoms with Crippen molar-refractivity contribution < 1.29 is 14.5 Å². The van der Waals surface area contributed by atoms with Crippen LogP contribution < -0.4 is 0 Å². The molecular weight excluding hydrogens is 406 g/mol. The van der Waals surface area contributed by atoms with Gasteiger partial charge in [-0.1, -0.05) is 0 Å². The Kier molecular flexibility index (Phi) is 6.47. The minimum atomic E-state index is -0.493. The van der Waals surface area contributed by atoms with E-state index >= 15 is 0 Å². The van der Waals surface area contributed by atoms with Gasteiger partial charge in [-0.3, -0.25) is 19.4 Å². The molecule has 0 aromatic carbocycles. The van der Waals surface area contributed by atoms with Gasteiger partial charge in [0.1, 0.15) is 5.60 Å². The Hall–Kier alpha value is -2.46. The molecule has 9 nitrogen and oxygen atoms in total. The second-order valence-electron chi connectivity index (χ2n) is 8.48. The number of allylic oxidation sites excluding steroid dienone is 2. The van der Waals surface area contributed by atoms with Gasteiger partial charge in [0.15, 0.2) is 4.96 Å². The van der Waals surface area contributed by atoms with Crippen LogP contribution in [0.1, 0.15) is 51.9 Å². The molecular formula is C20H29N5O4S. The molecule has 2 aromatic heterocycles. The number of aromatic nitrogens is 2. The average Bonchev–Trinajstić information content (AvgIpc) is 3.21. The zero-order valence-electron chi connectivity index (χ0n) is 18.1. The maximum atomic E-state index is 12.2. The molecule has 1 atom stereocenters. The molecule has 2 aromatic rings. The van der Waals surface area contributed by atoms with Crippen LogP contribution in [0.3, 0.4) is 0 Å².